The number of halogens is 3. The zero-order chi connectivity index (χ0) is 17.8. The fraction of sp³-hybridized carbons (Fsp3) is 0.200. The molecule has 0 N–H and O–H groups in total. The Bertz CT molecular complexity index is 1040. The van der Waals surface area contributed by atoms with E-state index in [1.54, 1.807) is 18.2 Å². The quantitative estimate of drug-likeness (QED) is 0.623. The summed E-state index contributed by atoms with van der Waals surface area (Å²) in [6.07, 6.45) is 1.84. The number of pyridine rings is 1. The van der Waals surface area contributed by atoms with Crippen molar-refractivity contribution in [3.05, 3.63) is 76.7 Å². The van der Waals surface area contributed by atoms with Gasteiger partial charge in [-0.25, -0.2) is 13.2 Å². The fourth-order valence-electron chi connectivity index (χ4n) is 3.30. The second-order valence-electron chi connectivity index (χ2n) is 6.87. The molecule has 0 saturated carbocycles. The summed E-state index contributed by atoms with van der Waals surface area (Å²) >= 11 is 0. The minimum atomic E-state index is -0.866. The molecule has 3 aromatic rings. The van der Waals surface area contributed by atoms with E-state index in [1.165, 1.54) is 18.3 Å². The average molecular weight is 340 g/mol. The van der Waals surface area contributed by atoms with Gasteiger partial charge in [-0.3, -0.25) is 9.98 Å². The monoisotopic (exact) mass is 340 g/mol. The Hall–Kier alpha value is -2.69. The van der Waals surface area contributed by atoms with Crippen molar-refractivity contribution in [3.63, 3.8) is 0 Å². The number of fused-ring (bicyclic) bond motifs is 2. The van der Waals surface area contributed by atoms with Crippen LogP contribution in [0.2, 0.25) is 0 Å². The lowest BCUT2D eigenvalue weighted by Crippen LogP contribution is -2.30. The Morgan fingerprint density at radius 1 is 1.00 bits per heavy atom. The van der Waals surface area contributed by atoms with E-state index >= 15 is 0 Å². The molecule has 2 heterocycles. The lowest BCUT2D eigenvalue weighted by atomic mass is 9.84. The molecule has 0 bridgehead atoms. The molecule has 0 fully saturated rings. The predicted octanol–water partition coefficient (Wildman–Crippen LogP) is 4.82. The highest BCUT2D eigenvalue weighted by Crippen LogP contribution is 2.32. The molecule has 0 atom stereocenters. The van der Waals surface area contributed by atoms with E-state index in [-0.39, 0.29) is 5.52 Å². The maximum absolute atomic E-state index is 14.3. The van der Waals surface area contributed by atoms with Crippen molar-refractivity contribution >= 4 is 16.6 Å². The Morgan fingerprint density at radius 2 is 1.80 bits per heavy atom. The minimum absolute atomic E-state index is 0.271. The van der Waals surface area contributed by atoms with Crippen LogP contribution < -0.4 is 0 Å². The third kappa shape index (κ3) is 2.60. The van der Waals surface area contributed by atoms with Gasteiger partial charge in [0.05, 0.1) is 11.3 Å². The van der Waals surface area contributed by atoms with Crippen LogP contribution in [0.3, 0.4) is 0 Å². The second-order valence-corrected chi connectivity index (χ2v) is 6.87. The first-order valence-corrected chi connectivity index (χ1v) is 7.97. The third-order valence-electron chi connectivity index (χ3n) is 4.41. The van der Waals surface area contributed by atoms with Gasteiger partial charge in [-0.05, 0) is 38.1 Å². The van der Waals surface area contributed by atoms with Crippen molar-refractivity contribution in [2.24, 2.45) is 4.99 Å². The molecule has 5 heteroatoms. The van der Waals surface area contributed by atoms with Crippen molar-refractivity contribution in [2.45, 2.75) is 25.8 Å². The summed E-state index contributed by atoms with van der Waals surface area (Å²) in [5.41, 5.74) is 1.76. The first-order valence-electron chi connectivity index (χ1n) is 7.97. The molecule has 0 aliphatic carbocycles. The van der Waals surface area contributed by atoms with E-state index in [9.17, 15) is 13.2 Å². The number of hydrogen-bond acceptors (Lipinski definition) is 2. The van der Waals surface area contributed by atoms with E-state index in [2.05, 4.69) is 4.98 Å². The van der Waals surface area contributed by atoms with Gasteiger partial charge in [0.2, 0.25) is 0 Å². The fourth-order valence-corrected chi connectivity index (χ4v) is 3.30. The number of hydrogen-bond donors (Lipinski definition) is 0. The topological polar surface area (TPSA) is 25.2 Å². The van der Waals surface area contributed by atoms with Crippen LogP contribution in [0.25, 0.3) is 10.9 Å². The molecule has 0 saturated heterocycles. The minimum Gasteiger partial charge on any atom is -0.278 e. The predicted molar refractivity (Wildman–Crippen MR) is 91.5 cm³/mol. The number of aromatic nitrogens is 1. The molecule has 4 rings (SSSR count). The van der Waals surface area contributed by atoms with Crippen molar-refractivity contribution in [3.8, 4) is 0 Å². The standard InChI is InChI=1S/C20H15F3N2/c1-20(2)9-14-13(6-7-15(21)17(14)23)18(25-20)12-8-11-4-3-5-16(22)19(11)24-10-12/h3-8,10H,9H2,1-2H3. The number of para-hydroxylation sites is 1. The van der Waals surface area contributed by atoms with Gasteiger partial charge in [-0.2, -0.15) is 0 Å². The van der Waals surface area contributed by atoms with Crippen LogP contribution in [0.15, 0.2) is 47.6 Å². The zero-order valence-corrected chi connectivity index (χ0v) is 13.8. The lowest BCUT2D eigenvalue weighted by molar-refractivity contribution is 0.462. The van der Waals surface area contributed by atoms with Gasteiger partial charge in [-0.15, -0.1) is 0 Å². The van der Waals surface area contributed by atoms with E-state index in [0.717, 1.165) is 6.07 Å². The van der Waals surface area contributed by atoms with Crippen molar-refractivity contribution in [1.29, 1.82) is 0 Å². The van der Waals surface area contributed by atoms with Gasteiger partial charge < -0.3 is 0 Å². The van der Waals surface area contributed by atoms with Gasteiger partial charge in [0, 0.05) is 34.7 Å². The molecule has 126 valence electrons. The van der Waals surface area contributed by atoms with Gasteiger partial charge in [0.15, 0.2) is 11.6 Å². The van der Waals surface area contributed by atoms with E-state index < -0.39 is 23.0 Å². The third-order valence-corrected chi connectivity index (χ3v) is 4.41. The molecule has 0 amide bonds. The highest BCUT2D eigenvalue weighted by Gasteiger charge is 2.31. The average Bonchev–Trinajstić information content (AvgIpc) is 2.57. The Labute approximate surface area is 143 Å². The van der Waals surface area contributed by atoms with Crippen LogP contribution in [0, 0.1) is 17.5 Å². The molecule has 0 radical (unpaired) electrons. The Morgan fingerprint density at radius 3 is 2.60 bits per heavy atom. The van der Waals surface area contributed by atoms with Crippen LogP contribution in [0.5, 0.6) is 0 Å². The van der Waals surface area contributed by atoms with E-state index in [1.807, 2.05) is 13.8 Å². The van der Waals surface area contributed by atoms with E-state index in [0.29, 0.717) is 34.2 Å². The molecule has 25 heavy (non-hydrogen) atoms. The second kappa shape index (κ2) is 5.41. The van der Waals surface area contributed by atoms with Crippen molar-refractivity contribution in [2.75, 3.05) is 0 Å². The summed E-state index contributed by atoms with van der Waals surface area (Å²) in [6.45, 7) is 3.74. The smallest absolute Gasteiger partial charge is 0.162 e. The molecule has 1 aliphatic rings. The van der Waals surface area contributed by atoms with Gasteiger partial charge in [0.25, 0.3) is 0 Å². The normalized spacial score (nSPS) is 15.8. The van der Waals surface area contributed by atoms with Crippen LogP contribution in [-0.2, 0) is 6.42 Å². The summed E-state index contributed by atoms with van der Waals surface area (Å²) in [5, 5.41) is 0.632. The number of nitrogens with zero attached hydrogens (tertiary/aromatic N) is 2. The number of rotatable bonds is 1. The van der Waals surface area contributed by atoms with Crippen LogP contribution in [0.4, 0.5) is 13.2 Å². The highest BCUT2D eigenvalue weighted by molar-refractivity contribution is 6.15. The molecule has 1 aromatic heterocycles. The molecular formula is C20H15F3N2. The van der Waals surface area contributed by atoms with Crippen molar-refractivity contribution in [1.82, 2.24) is 4.98 Å². The van der Waals surface area contributed by atoms with Crippen LogP contribution in [-0.4, -0.2) is 16.2 Å². The maximum atomic E-state index is 14.3. The first-order chi connectivity index (χ1) is 11.9. The largest absolute Gasteiger partial charge is 0.278 e. The van der Waals surface area contributed by atoms with Crippen molar-refractivity contribution < 1.29 is 13.2 Å². The molecule has 0 unspecified atom stereocenters. The Kier molecular flexibility index (Phi) is 3.42. The van der Waals surface area contributed by atoms with Crippen LogP contribution >= 0.6 is 0 Å². The first kappa shape index (κ1) is 15.8. The van der Waals surface area contributed by atoms with Gasteiger partial charge in [0.1, 0.15) is 11.3 Å². The lowest BCUT2D eigenvalue weighted by Gasteiger charge is -2.29. The SMILES string of the molecule is CC1(C)Cc2c(ccc(F)c2F)C(c2cnc3c(F)cccc3c2)=N1. The highest BCUT2D eigenvalue weighted by atomic mass is 19.2. The van der Waals surface area contributed by atoms with Crippen LogP contribution in [0.1, 0.15) is 30.5 Å². The number of benzene rings is 2. The molecule has 0 spiro atoms. The molecular weight excluding hydrogens is 325 g/mol. The molecule has 1 aliphatic heterocycles. The van der Waals surface area contributed by atoms with E-state index in [4.69, 9.17) is 4.99 Å². The molecule has 2 aromatic carbocycles. The summed E-state index contributed by atoms with van der Waals surface area (Å²) < 4.78 is 41.8. The van der Waals surface area contributed by atoms with Gasteiger partial charge in [-0.1, -0.05) is 12.1 Å². The molecule has 2 nitrogen and oxygen atoms in total. The summed E-state index contributed by atoms with van der Waals surface area (Å²) in [5.74, 6) is -2.10. The summed E-state index contributed by atoms with van der Waals surface area (Å²) in [4.78, 5) is 8.91. The summed E-state index contributed by atoms with van der Waals surface area (Å²) in [6, 6.07) is 9.14. The summed E-state index contributed by atoms with van der Waals surface area (Å²) in [7, 11) is 0. The van der Waals surface area contributed by atoms with Gasteiger partial charge >= 0.3 is 0 Å². The maximum Gasteiger partial charge on any atom is 0.162 e. The zero-order valence-electron chi connectivity index (χ0n) is 13.8. The number of aliphatic imine (C=N–C) groups is 1. The Balaban J connectivity index is 1.96.